The molecule has 1 fully saturated rings. The van der Waals surface area contributed by atoms with Gasteiger partial charge in [-0.25, -0.2) is 4.79 Å². The average Bonchev–Trinajstić information content (AvgIpc) is 2.74. The van der Waals surface area contributed by atoms with Crippen LogP contribution in [0.5, 0.6) is 0 Å². The molecular formula is C21H39BO5Si. The number of esters is 1. The third kappa shape index (κ3) is 6.31. The van der Waals surface area contributed by atoms with Crippen LogP contribution in [0.15, 0.2) is 24.2 Å². The first-order valence-corrected chi connectivity index (χ1v) is 12.9. The second-order valence-corrected chi connectivity index (χ2v) is 14.9. The van der Waals surface area contributed by atoms with Gasteiger partial charge in [-0.15, -0.1) is 0 Å². The van der Waals surface area contributed by atoms with Crippen LogP contribution in [0.25, 0.3) is 0 Å². The van der Waals surface area contributed by atoms with Gasteiger partial charge in [0.05, 0.1) is 24.4 Å². The van der Waals surface area contributed by atoms with Crippen molar-refractivity contribution in [1.29, 1.82) is 0 Å². The Kier molecular flexibility index (Phi) is 7.96. The summed E-state index contributed by atoms with van der Waals surface area (Å²) in [5.41, 5.74) is -0.762. The third-order valence-corrected chi connectivity index (χ3v) is 10.7. The summed E-state index contributed by atoms with van der Waals surface area (Å²) in [6.45, 7) is 21.2. The predicted molar refractivity (Wildman–Crippen MR) is 118 cm³/mol. The topological polar surface area (TPSA) is 54.0 Å². The van der Waals surface area contributed by atoms with Gasteiger partial charge in [0.25, 0.3) is 0 Å². The van der Waals surface area contributed by atoms with Gasteiger partial charge in [0.2, 0.25) is 0 Å². The van der Waals surface area contributed by atoms with E-state index in [1.165, 1.54) is 13.2 Å². The minimum absolute atomic E-state index is 0.00750. The molecule has 0 aromatic rings. The standard InChI is InChI=1S/C21H39BO5Si/c1-16(12-13-18(23)24-9)17(25-28(10,11)19(2,3)4)14-15-22-26-20(5,6)21(7,8)27-22/h12-17H,1-11H3/b13-12+,15-14+/t16-,17+/m0/s1. The number of hydrogen-bond acceptors (Lipinski definition) is 5. The predicted octanol–water partition coefficient (Wildman–Crippen LogP) is 4.93. The molecule has 0 N–H and O–H groups in total. The second-order valence-electron chi connectivity index (χ2n) is 10.1. The molecule has 0 unspecified atom stereocenters. The second kappa shape index (κ2) is 8.86. The lowest BCUT2D eigenvalue weighted by Gasteiger charge is -2.39. The van der Waals surface area contributed by atoms with Crippen molar-refractivity contribution in [3.63, 3.8) is 0 Å². The average molecular weight is 410 g/mol. The van der Waals surface area contributed by atoms with Crippen LogP contribution >= 0.6 is 0 Å². The Labute approximate surface area is 173 Å². The van der Waals surface area contributed by atoms with Crippen LogP contribution in [0.4, 0.5) is 0 Å². The fourth-order valence-electron chi connectivity index (χ4n) is 2.41. The zero-order valence-corrected chi connectivity index (χ0v) is 20.6. The van der Waals surface area contributed by atoms with Gasteiger partial charge >= 0.3 is 13.1 Å². The van der Waals surface area contributed by atoms with Gasteiger partial charge in [0, 0.05) is 12.0 Å². The molecule has 1 rings (SSSR count). The monoisotopic (exact) mass is 410 g/mol. The van der Waals surface area contributed by atoms with E-state index in [2.05, 4.69) is 33.9 Å². The highest BCUT2D eigenvalue weighted by atomic mass is 28.4. The van der Waals surface area contributed by atoms with Gasteiger partial charge in [0.1, 0.15) is 0 Å². The van der Waals surface area contributed by atoms with Crippen molar-refractivity contribution in [2.75, 3.05) is 7.11 Å². The van der Waals surface area contributed by atoms with Crippen molar-refractivity contribution < 1.29 is 23.3 Å². The number of ether oxygens (including phenoxy) is 1. The molecule has 2 atom stereocenters. The SMILES string of the molecule is COC(=O)/C=C/[C@H](C)[C@@H](/C=C/B1OC(C)(C)C(C)(C)O1)O[Si](C)(C)C(C)(C)C. The Morgan fingerprint density at radius 3 is 2.00 bits per heavy atom. The molecule has 28 heavy (non-hydrogen) atoms. The van der Waals surface area contributed by atoms with Crippen LogP contribution in [-0.2, 0) is 23.3 Å². The summed E-state index contributed by atoms with van der Waals surface area (Å²) in [5, 5.41) is 0.0786. The maximum Gasteiger partial charge on any atom is 0.486 e. The molecule has 160 valence electrons. The van der Waals surface area contributed by atoms with E-state index in [4.69, 9.17) is 18.5 Å². The molecule has 0 aliphatic carbocycles. The summed E-state index contributed by atoms with van der Waals surface area (Å²) < 4.78 is 23.5. The molecule has 0 bridgehead atoms. The fraction of sp³-hybridized carbons (Fsp3) is 0.762. The molecule has 0 saturated carbocycles. The van der Waals surface area contributed by atoms with E-state index in [1.807, 2.05) is 52.7 Å². The molecule has 1 aliphatic rings. The third-order valence-electron chi connectivity index (χ3n) is 6.22. The number of rotatable bonds is 7. The molecule has 1 saturated heterocycles. The van der Waals surface area contributed by atoms with Crippen molar-refractivity contribution in [2.24, 2.45) is 5.92 Å². The van der Waals surface area contributed by atoms with E-state index >= 15 is 0 Å². The smallest absolute Gasteiger partial charge is 0.466 e. The van der Waals surface area contributed by atoms with Crippen LogP contribution in [0.1, 0.15) is 55.4 Å². The highest BCUT2D eigenvalue weighted by molar-refractivity contribution is 6.74. The molecule has 0 spiro atoms. The van der Waals surface area contributed by atoms with E-state index in [0.717, 1.165) is 0 Å². The highest BCUT2D eigenvalue weighted by Gasteiger charge is 2.50. The van der Waals surface area contributed by atoms with Gasteiger partial charge < -0.3 is 18.5 Å². The summed E-state index contributed by atoms with van der Waals surface area (Å²) in [7, 11) is -1.06. The van der Waals surface area contributed by atoms with E-state index < -0.39 is 15.4 Å². The van der Waals surface area contributed by atoms with Gasteiger partial charge in [-0.2, -0.15) is 0 Å². The summed E-state index contributed by atoms with van der Waals surface area (Å²) >= 11 is 0. The van der Waals surface area contributed by atoms with E-state index in [0.29, 0.717) is 0 Å². The molecule has 1 aliphatic heterocycles. The Morgan fingerprint density at radius 2 is 1.57 bits per heavy atom. The molecule has 0 aromatic carbocycles. The van der Waals surface area contributed by atoms with Gasteiger partial charge in [-0.1, -0.05) is 45.8 Å². The normalized spacial score (nSPS) is 22.0. The minimum atomic E-state index is -2.01. The fourth-order valence-corrected chi connectivity index (χ4v) is 3.74. The van der Waals surface area contributed by atoms with Crippen LogP contribution in [0, 0.1) is 5.92 Å². The van der Waals surface area contributed by atoms with Gasteiger partial charge in [0.15, 0.2) is 8.32 Å². The first-order chi connectivity index (χ1) is 12.5. The van der Waals surface area contributed by atoms with Crippen molar-refractivity contribution >= 4 is 21.4 Å². The lowest BCUT2D eigenvalue weighted by Crippen LogP contribution is -2.45. The summed E-state index contributed by atoms with van der Waals surface area (Å²) in [4.78, 5) is 11.5. The van der Waals surface area contributed by atoms with Crippen LogP contribution < -0.4 is 0 Å². The number of hydrogen-bond donors (Lipinski definition) is 0. The Hall–Kier alpha value is -0.888. The maximum atomic E-state index is 11.5. The van der Waals surface area contributed by atoms with Gasteiger partial charge in [-0.05, 0) is 45.8 Å². The van der Waals surface area contributed by atoms with Crippen molar-refractivity contribution in [3.8, 4) is 0 Å². The van der Waals surface area contributed by atoms with Crippen LogP contribution in [0.2, 0.25) is 18.1 Å². The Morgan fingerprint density at radius 1 is 1.07 bits per heavy atom. The van der Waals surface area contributed by atoms with E-state index in [9.17, 15) is 4.79 Å². The molecule has 7 heteroatoms. The van der Waals surface area contributed by atoms with Crippen molar-refractivity contribution in [1.82, 2.24) is 0 Å². The van der Waals surface area contributed by atoms with Crippen LogP contribution in [0.3, 0.4) is 0 Å². The molecule has 0 amide bonds. The number of carbonyl (C=O) groups is 1. The lowest BCUT2D eigenvalue weighted by molar-refractivity contribution is -0.134. The zero-order valence-electron chi connectivity index (χ0n) is 19.6. The van der Waals surface area contributed by atoms with E-state index in [1.54, 1.807) is 0 Å². The lowest BCUT2D eigenvalue weighted by atomic mass is 9.88. The quantitative estimate of drug-likeness (QED) is 0.338. The summed E-state index contributed by atoms with van der Waals surface area (Å²) in [5.74, 6) is 1.55. The summed E-state index contributed by atoms with van der Waals surface area (Å²) in [6.07, 6.45) is 5.10. The molecule has 5 nitrogen and oxygen atoms in total. The van der Waals surface area contributed by atoms with E-state index in [-0.39, 0.29) is 34.2 Å². The zero-order chi connectivity index (χ0) is 22.0. The highest BCUT2D eigenvalue weighted by Crippen LogP contribution is 2.39. The number of methoxy groups -OCH3 is 1. The Balaban J connectivity index is 3.04. The first kappa shape index (κ1) is 25.1. The summed E-state index contributed by atoms with van der Waals surface area (Å²) in [6, 6.07) is 0. The Bertz CT molecular complexity index is 588. The molecule has 1 heterocycles. The maximum absolute atomic E-state index is 11.5. The van der Waals surface area contributed by atoms with Crippen LogP contribution in [-0.4, -0.2) is 45.8 Å². The molecular weight excluding hydrogens is 371 g/mol. The van der Waals surface area contributed by atoms with Crippen molar-refractivity contribution in [2.45, 2.75) is 90.8 Å². The minimum Gasteiger partial charge on any atom is -0.466 e. The molecule has 0 aromatic heterocycles. The molecule has 0 radical (unpaired) electrons. The number of carbonyl (C=O) groups excluding carboxylic acids is 1. The van der Waals surface area contributed by atoms with Gasteiger partial charge in [-0.3, -0.25) is 0 Å². The largest absolute Gasteiger partial charge is 0.486 e. The first-order valence-electron chi connectivity index (χ1n) is 10.0. The van der Waals surface area contributed by atoms with Crippen molar-refractivity contribution in [3.05, 3.63) is 24.2 Å².